The minimum Gasteiger partial charge on any atom is -0.489 e. The van der Waals surface area contributed by atoms with Crippen molar-refractivity contribution < 1.29 is 23.9 Å². The molecule has 2 amide bonds. The van der Waals surface area contributed by atoms with E-state index in [-0.39, 0.29) is 36.9 Å². The Balaban J connectivity index is 1.52. The number of likely N-dealkylation sites (tertiary alicyclic amines) is 1. The number of rotatable bonds is 6. The van der Waals surface area contributed by atoms with E-state index in [1.165, 1.54) is 6.92 Å². The summed E-state index contributed by atoms with van der Waals surface area (Å²) < 4.78 is 11.0. The fraction of sp³-hybridized carbons (Fsp3) is 0.476. The van der Waals surface area contributed by atoms with E-state index >= 15 is 0 Å². The Bertz CT molecular complexity index is 739. The maximum absolute atomic E-state index is 12.5. The third kappa shape index (κ3) is 3.75. The minimum absolute atomic E-state index is 0.0571. The monoisotopic (exact) mass is 371 g/mol. The van der Waals surface area contributed by atoms with Crippen LogP contribution in [0.25, 0.3) is 0 Å². The molecule has 0 spiro atoms. The van der Waals surface area contributed by atoms with Gasteiger partial charge >= 0.3 is 5.97 Å². The predicted molar refractivity (Wildman–Crippen MR) is 99.0 cm³/mol. The third-order valence-corrected chi connectivity index (χ3v) is 5.25. The van der Waals surface area contributed by atoms with E-state index in [4.69, 9.17) is 9.47 Å². The molecule has 3 rings (SSSR count). The van der Waals surface area contributed by atoms with Gasteiger partial charge in [-0.1, -0.05) is 30.4 Å². The van der Waals surface area contributed by atoms with Crippen molar-refractivity contribution in [1.82, 2.24) is 4.90 Å². The Labute approximate surface area is 159 Å². The molecule has 1 aliphatic heterocycles. The molecule has 1 saturated heterocycles. The van der Waals surface area contributed by atoms with Gasteiger partial charge in [-0.25, -0.2) is 4.79 Å². The van der Waals surface area contributed by atoms with Crippen molar-refractivity contribution in [2.24, 2.45) is 11.8 Å². The van der Waals surface area contributed by atoms with Gasteiger partial charge in [0.15, 0.2) is 0 Å². The fourth-order valence-electron chi connectivity index (χ4n) is 3.75. The second-order valence-corrected chi connectivity index (χ2v) is 7.12. The first-order valence-electron chi connectivity index (χ1n) is 9.29. The van der Waals surface area contributed by atoms with Crippen molar-refractivity contribution in [3.05, 3.63) is 41.5 Å². The molecule has 0 unspecified atom stereocenters. The van der Waals surface area contributed by atoms with Gasteiger partial charge in [0.25, 0.3) is 0 Å². The third-order valence-electron chi connectivity index (χ3n) is 5.25. The van der Waals surface area contributed by atoms with E-state index in [1.807, 2.05) is 44.2 Å². The summed E-state index contributed by atoms with van der Waals surface area (Å²) in [6.07, 6.45) is 4.95. The van der Waals surface area contributed by atoms with E-state index in [0.717, 1.165) is 21.8 Å². The van der Waals surface area contributed by atoms with Gasteiger partial charge in [0.1, 0.15) is 25.0 Å². The van der Waals surface area contributed by atoms with Gasteiger partial charge in [-0.3, -0.25) is 14.5 Å². The molecular formula is C21H25NO5. The van der Waals surface area contributed by atoms with Gasteiger partial charge in [0, 0.05) is 0 Å². The number of esters is 1. The fourth-order valence-corrected chi connectivity index (χ4v) is 3.75. The Hall–Kier alpha value is -2.63. The summed E-state index contributed by atoms with van der Waals surface area (Å²) in [5.74, 6) is -1.04. The molecule has 1 heterocycles. The largest absolute Gasteiger partial charge is 0.489 e. The van der Waals surface area contributed by atoms with Gasteiger partial charge in [-0.2, -0.15) is 0 Å². The molecule has 1 aromatic rings. The highest BCUT2D eigenvalue weighted by Crippen LogP contribution is 2.36. The van der Waals surface area contributed by atoms with E-state index < -0.39 is 12.0 Å². The van der Waals surface area contributed by atoms with Crippen LogP contribution in [0.5, 0.6) is 5.75 Å². The molecule has 1 aromatic carbocycles. The number of nitrogens with zero attached hydrogens (tertiary/aromatic N) is 1. The topological polar surface area (TPSA) is 72.9 Å². The van der Waals surface area contributed by atoms with Gasteiger partial charge in [-0.05, 0) is 44.7 Å². The van der Waals surface area contributed by atoms with Crippen LogP contribution in [0.15, 0.2) is 30.4 Å². The molecule has 6 nitrogen and oxygen atoms in total. The Morgan fingerprint density at radius 2 is 1.63 bits per heavy atom. The number of hydrogen-bond acceptors (Lipinski definition) is 5. The van der Waals surface area contributed by atoms with Gasteiger partial charge < -0.3 is 9.47 Å². The number of allylic oxidation sites excluding steroid dienone is 2. The maximum atomic E-state index is 12.5. The summed E-state index contributed by atoms with van der Waals surface area (Å²) in [4.78, 5) is 38.5. The first-order valence-corrected chi connectivity index (χ1v) is 9.29. The van der Waals surface area contributed by atoms with Crippen molar-refractivity contribution in [2.75, 3.05) is 13.2 Å². The molecule has 3 atom stereocenters. The van der Waals surface area contributed by atoms with Crippen molar-refractivity contribution in [3.8, 4) is 5.75 Å². The van der Waals surface area contributed by atoms with Gasteiger partial charge in [-0.15, -0.1) is 0 Å². The van der Waals surface area contributed by atoms with Crippen LogP contribution in [-0.4, -0.2) is 41.9 Å². The van der Waals surface area contributed by atoms with E-state index in [1.54, 1.807) is 0 Å². The highest BCUT2D eigenvalue weighted by Gasteiger charge is 2.50. The second-order valence-electron chi connectivity index (χ2n) is 7.12. The number of carbonyl (C=O) groups is 3. The quantitative estimate of drug-likeness (QED) is 0.333. The summed E-state index contributed by atoms with van der Waals surface area (Å²) in [5, 5.41) is 0. The first kappa shape index (κ1) is 19.1. The van der Waals surface area contributed by atoms with Crippen molar-refractivity contribution >= 4 is 17.8 Å². The summed E-state index contributed by atoms with van der Waals surface area (Å²) in [6.45, 7) is 5.71. The number of para-hydroxylation sites is 1. The number of ether oxygens (including phenoxy) is 2. The van der Waals surface area contributed by atoms with E-state index in [9.17, 15) is 14.4 Å². The molecule has 27 heavy (non-hydrogen) atoms. The lowest BCUT2D eigenvalue weighted by molar-refractivity contribution is -0.158. The average molecular weight is 371 g/mol. The predicted octanol–water partition coefficient (Wildman–Crippen LogP) is 2.57. The number of imide groups is 1. The normalized spacial score (nSPS) is 22.6. The zero-order valence-corrected chi connectivity index (χ0v) is 15.9. The molecule has 0 saturated carbocycles. The van der Waals surface area contributed by atoms with E-state index in [0.29, 0.717) is 12.8 Å². The highest BCUT2D eigenvalue weighted by molar-refractivity contribution is 6.08. The zero-order chi connectivity index (χ0) is 19.6. The van der Waals surface area contributed by atoms with Crippen molar-refractivity contribution in [1.29, 1.82) is 0 Å². The highest BCUT2D eigenvalue weighted by atomic mass is 16.6. The number of fused-ring (bicyclic) bond motifs is 1. The van der Waals surface area contributed by atoms with Crippen LogP contribution in [0, 0.1) is 25.7 Å². The molecule has 1 aliphatic carbocycles. The summed E-state index contributed by atoms with van der Waals surface area (Å²) >= 11 is 0. The minimum atomic E-state index is -0.921. The standard InChI is InChI=1S/C21H25NO5/c1-13-7-6-8-14(2)18(13)26-11-12-27-21(25)15(3)22-19(23)16-9-4-5-10-17(16)20(22)24/h4-8,15-17H,9-12H2,1-3H3/t15-,16-,17+/m1/s1. The number of benzene rings is 1. The van der Waals surface area contributed by atoms with Crippen LogP contribution in [-0.2, 0) is 19.1 Å². The lowest BCUT2D eigenvalue weighted by Gasteiger charge is -2.21. The molecule has 0 N–H and O–H groups in total. The van der Waals surface area contributed by atoms with Crippen LogP contribution in [0.1, 0.15) is 30.9 Å². The molecule has 2 aliphatic rings. The molecule has 0 bridgehead atoms. The average Bonchev–Trinajstić information content (AvgIpc) is 2.91. The Morgan fingerprint density at radius 1 is 1.07 bits per heavy atom. The molecule has 1 fully saturated rings. The number of aryl methyl sites for hydroxylation is 2. The van der Waals surface area contributed by atoms with Crippen LogP contribution < -0.4 is 4.74 Å². The van der Waals surface area contributed by atoms with Crippen molar-refractivity contribution in [3.63, 3.8) is 0 Å². The summed E-state index contributed by atoms with van der Waals surface area (Å²) in [6, 6.07) is 4.94. The van der Waals surface area contributed by atoms with E-state index in [2.05, 4.69) is 0 Å². The molecule has 0 radical (unpaired) electrons. The van der Waals surface area contributed by atoms with Gasteiger partial charge in [0.05, 0.1) is 11.8 Å². The zero-order valence-electron chi connectivity index (χ0n) is 15.9. The molecule has 144 valence electrons. The summed E-state index contributed by atoms with van der Waals surface area (Å²) in [5.41, 5.74) is 2.03. The summed E-state index contributed by atoms with van der Waals surface area (Å²) in [7, 11) is 0. The van der Waals surface area contributed by atoms with Crippen molar-refractivity contribution in [2.45, 2.75) is 39.7 Å². The Morgan fingerprint density at radius 3 is 2.19 bits per heavy atom. The lowest BCUT2D eigenvalue weighted by atomic mass is 9.85. The molecule has 6 heteroatoms. The molecular weight excluding hydrogens is 346 g/mol. The maximum Gasteiger partial charge on any atom is 0.329 e. The number of hydrogen-bond donors (Lipinski definition) is 0. The van der Waals surface area contributed by atoms with Crippen LogP contribution in [0.4, 0.5) is 0 Å². The first-order chi connectivity index (χ1) is 12.9. The SMILES string of the molecule is Cc1cccc(C)c1OCCOC(=O)[C@@H](C)N1C(=O)[C@H]2CC=CC[C@H]2C1=O. The van der Waals surface area contributed by atoms with Gasteiger partial charge in [0.2, 0.25) is 11.8 Å². The number of carbonyl (C=O) groups excluding carboxylic acids is 3. The second kappa shape index (κ2) is 7.94. The van der Waals surface area contributed by atoms with Crippen LogP contribution >= 0.6 is 0 Å². The lowest BCUT2D eigenvalue weighted by Crippen LogP contribution is -2.44. The number of amides is 2. The Kier molecular flexibility index (Phi) is 5.63. The molecule has 0 aromatic heterocycles. The smallest absolute Gasteiger partial charge is 0.329 e. The van der Waals surface area contributed by atoms with Crippen LogP contribution in [0.3, 0.4) is 0 Å². The van der Waals surface area contributed by atoms with Crippen LogP contribution in [0.2, 0.25) is 0 Å².